The zero-order valence-corrected chi connectivity index (χ0v) is 29.4. The van der Waals surface area contributed by atoms with E-state index in [9.17, 15) is 30.3 Å². The van der Waals surface area contributed by atoms with Crippen LogP contribution in [0.2, 0.25) is 0 Å². The van der Waals surface area contributed by atoms with Crippen LogP contribution >= 0.6 is 0 Å². The van der Waals surface area contributed by atoms with Crippen molar-refractivity contribution in [1.29, 1.82) is 10.5 Å². The maximum atomic E-state index is 13.9. The lowest BCUT2D eigenvalue weighted by atomic mass is 9.52. The fourth-order valence-corrected chi connectivity index (χ4v) is 5.49. The van der Waals surface area contributed by atoms with Crippen molar-refractivity contribution in [3.8, 4) is 12.1 Å². The first-order valence-corrected chi connectivity index (χ1v) is 15.2. The lowest BCUT2D eigenvalue weighted by Crippen LogP contribution is -2.68. The van der Waals surface area contributed by atoms with Gasteiger partial charge in [0.1, 0.15) is 0 Å². The molecule has 0 aliphatic carbocycles. The van der Waals surface area contributed by atoms with E-state index in [1.54, 1.807) is 13.8 Å². The van der Waals surface area contributed by atoms with Crippen LogP contribution in [-0.2, 0) is 9.59 Å². The summed E-state index contributed by atoms with van der Waals surface area (Å²) in [5.41, 5.74) is -9.70. The molecule has 0 saturated carbocycles. The molecule has 0 aliphatic heterocycles. The number of carboxylic acids is 2. The number of aliphatic carboxylic acids is 2. The molecule has 248 valence electrons. The van der Waals surface area contributed by atoms with Crippen LogP contribution in [0.5, 0.6) is 0 Å². The number of hydrogen-bond acceptors (Lipinski definition) is 12. The molecule has 0 aromatic carbocycles. The Bertz CT molecular complexity index is 1140. The van der Waals surface area contributed by atoms with Crippen LogP contribution in [-0.4, -0.2) is 45.2 Å². The first-order valence-electron chi connectivity index (χ1n) is 15.2. The lowest BCUT2D eigenvalue weighted by molar-refractivity contribution is -0.328. The summed E-state index contributed by atoms with van der Waals surface area (Å²) in [6.45, 7) is 25.1. The van der Waals surface area contributed by atoms with Gasteiger partial charge in [-0.25, -0.2) is 0 Å². The minimum Gasteiger partial charge on any atom is -0.550 e. The highest BCUT2D eigenvalue weighted by Crippen LogP contribution is 2.56. The fourth-order valence-electron chi connectivity index (χ4n) is 5.49. The number of carbonyl (C=O) groups excluding carboxylic acids is 2. The number of rotatable bonds is 16. The molecule has 4 atom stereocenters. The number of nitrogens with zero attached hydrogens (tertiary/aromatic N) is 8. The summed E-state index contributed by atoms with van der Waals surface area (Å²) in [6, 6.07) is 4.06. The molecule has 0 aliphatic rings. The summed E-state index contributed by atoms with van der Waals surface area (Å²) in [5.74, 6) is -2.95. The van der Waals surface area contributed by atoms with Crippen molar-refractivity contribution in [2.75, 3.05) is 0 Å². The van der Waals surface area contributed by atoms with Crippen molar-refractivity contribution in [3.63, 3.8) is 0 Å². The van der Waals surface area contributed by atoms with Crippen LogP contribution in [0.1, 0.15) is 129 Å². The third-order valence-corrected chi connectivity index (χ3v) is 7.34. The number of hydrogen-bond donors (Lipinski definition) is 0. The van der Waals surface area contributed by atoms with E-state index < -0.39 is 63.4 Å². The molecule has 0 rings (SSSR count). The third-order valence-electron chi connectivity index (χ3n) is 7.34. The van der Waals surface area contributed by atoms with Gasteiger partial charge >= 0.3 is 0 Å². The van der Waals surface area contributed by atoms with Crippen LogP contribution in [0, 0.1) is 39.9 Å². The highest BCUT2D eigenvalue weighted by atomic mass is 16.4. The van der Waals surface area contributed by atoms with Gasteiger partial charge in [0.2, 0.25) is 0 Å². The average molecular weight is 615 g/mol. The van der Waals surface area contributed by atoms with Crippen molar-refractivity contribution in [1.82, 2.24) is 0 Å². The second kappa shape index (κ2) is 14.7. The van der Waals surface area contributed by atoms with Gasteiger partial charge in [-0.3, -0.25) is 0 Å². The first-order chi connectivity index (χ1) is 19.6. The lowest BCUT2D eigenvalue weighted by Gasteiger charge is -2.56. The highest BCUT2D eigenvalue weighted by Gasteiger charge is 2.64. The molecule has 0 heterocycles. The maximum absolute atomic E-state index is 13.9. The third kappa shape index (κ3) is 11.3. The Balaban J connectivity index is 8.10. The van der Waals surface area contributed by atoms with Crippen LogP contribution in [0.25, 0.3) is 0 Å². The summed E-state index contributed by atoms with van der Waals surface area (Å²) in [5, 5.41) is 72.3. The molecule has 0 N–H and O–H groups in total. The second-order valence-electron chi connectivity index (χ2n) is 15.7. The molecule has 0 amide bonds. The largest absolute Gasteiger partial charge is 0.550 e. The Labute approximate surface area is 264 Å². The standard InChI is InChI=1S/C32H56N8O4/c1-22(2)17-30(13,39-35-26(5,6)7)32(25(43)44,31(14,18-23(3)4)40-36-27(8,9)10)19-29(12,21-34)38-37-28(11,20-33)16-15-24(41)42/h22-23H,15-19H2,1-14H3,(H,41,42)(H,43,44)/p-2. The highest BCUT2D eigenvalue weighted by molar-refractivity contribution is 5.77. The zero-order chi connectivity index (χ0) is 35.0. The molecular weight excluding hydrogens is 560 g/mol. The molecule has 0 spiro atoms. The second-order valence-corrected chi connectivity index (χ2v) is 15.7. The van der Waals surface area contributed by atoms with E-state index in [1.165, 1.54) is 13.8 Å². The quantitative estimate of drug-likeness (QED) is 0.197. The van der Waals surface area contributed by atoms with Crippen molar-refractivity contribution in [2.45, 2.75) is 162 Å². The summed E-state index contributed by atoms with van der Waals surface area (Å²) < 4.78 is 0. The van der Waals surface area contributed by atoms with Crippen LogP contribution < -0.4 is 10.2 Å². The minimum atomic E-state index is -2.02. The van der Waals surface area contributed by atoms with Gasteiger partial charge in [0.05, 0.1) is 45.7 Å². The Hall–Kier alpha value is -3.28. The molecule has 44 heavy (non-hydrogen) atoms. The van der Waals surface area contributed by atoms with Crippen LogP contribution in [0.3, 0.4) is 0 Å². The number of nitriles is 2. The molecule has 12 heteroatoms. The van der Waals surface area contributed by atoms with Gasteiger partial charge in [-0.1, -0.05) is 27.7 Å². The molecule has 0 radical (unpaired) electrons. The van der Waals surface area contributed by atoms with Crippen molar-refractivity contribution < 1.29 is 19.8 Å². The molecular formula is C32H54N8O4-2. The predicted molar refractivity (Wildman–Crippen MR) is 164 cm³/mol. The number of carbonyl (C=O) groups is 2. The van der Waals surface area contributed by atoms with Gasteiger partial charge in [-0.15, -0.1) is 0 Å². The van der Waals surface area contributed by atoms with Crippen molar-refractivity contribution >= 4 is 11.9 Å². The van der Waals surface area contributed by atoms with E-state index in [0.717, 1.165) is 0 Å². The molecule has 4 unspecified atom stereocenters. The van der Waals surface area contributed by atoms with Crippen molar-refractivity contribution in [2.24, 2.45) is 47.9 Å². The monoisotopic (exact) mass is 614 g/mol. The smallest absolute Gasteiger partial charge is 0.165 e. The topological polar surface area (TPSA) is 202 Å². The average Bonchev–Trinajstić information content (AvgIpc) is 2.85. The molecule has 0 fully saturated rings. The zero-order valence-electron chi connectivity index (χ0n) is 29.4. The summed E-state index contributed by atoms with van der Waals surface area (Å²) in [7, 11) is 0. The van der Waals surface area contributed by atoms with E-state index in [-0.39, 0.29) is 31.1 Å². The Morgan fingerprint density at radius 2 is 1.00 bits per heavy atom. The Kier molecular flexibility index (Phi) is 13.6. The van der Waals surface area contributed by atoms with E-state index in [4.69, 9.17) is 10.2 Å². The molecule has 0 aromatic rings. The van der Waals surface area contributed by atoms with E-state index in [1.807, 2.05) is 75.3 Å². The molecule has 0 bridgehead atoms. The van der Waals surface area contributed by atoms with Crippen LogP contribution in [0.4, 0.5) is 0 Å². The van der Waals surface area contributed by atoms with Gasteiger partial charge in [-0.2, -0.15) is 41.2 Å². The van der Waals surface area contributed by atoms with E-state index in [0.29, 0.717) is 0 Å². The molecule has 0 aromatic heterocycles. The van der Waals surface area contributed by atoms with Gasteiger partial charge < -0.3 is 19.8 Å². The number of carboxylic acid groups (broad SMARTS) is 2. The van der Waals surface area contributed by atoms with E-state index in [2.05, 4.69) is 26.5 Å². The Morgan fingerprint density at radius 3 is 1.27 bits per heavy atom. The van der Waals surface area contributed by atoms with Gasteiger partial charge in [0, 0.05) is 12.4 Å². The van der Waals surface area contributed by atoms with E-state index >= 15 is 0 Å². The molecule has 0 saturated heterocycles. The van der Waals surface area contributed by atoms with Crippen LogP contribution in [0.15, 0.2) is 30.7 Å². The SMILES string of the molecule is CC(C)CC(C)(N=NC(C)(C)C)C(CC(C)(C#N)N=NC(C)(C#N)CCC(=O)[O-])(C(=O)[O-])C(C)(CC(C)C)N=NC(C)(C)C. The molecule has 12 nitrogen and oxygen atoms in total. The number of azo groups is 3. The summed E-state index contributed by atoms with van der Waals surface area (Å²) in [6.07, 6.45) is -0.616. The minimum absolute atomic E-state index is 0.0537. The fraction of sp³-hybridized carbons (Fsp3) is 0.875. The van der Waals surface area contributed by atoms with Gasteiger partial charge in [0.15, 0.2) is 11.1 Å². The summed E-state index contributed by atoms with van der Waals surface area (Å²) >= 11 is 0. The van der Waals surface area contributed by atoms with Gasteiger partial charge in [0.25, 0.3) is 0 Å². The Morgan fingerprint density at radius 1 is 0.636 bits per heavy atom. The van der Waals surface area contributed by atoms with Gasteiger partial charge in [-0.05, 0) is 107 Å². The first kappa shape index (κ1) is 40.7. The van der Waals surface area contributed by atoms with Crippen molar-refractivity contribution in [3.05, 3.63) is 0 Å². The predicted octanol–water partition coefficient (Wildman–Crippen LogP) is 5.77. The summed E-state index contributed by atoms with van der Waals surface area (Å²) in [4.78, 5) is 25.0. The normalized spacial score (nSPS) is 20.0. The maximum Gasteiger partial charge on any atom is 0.165 e.